The molecular weight excluding hydrogens is 277 g/mol. The van der Waals surface area contributed by atoms with Gasteiger partial charge in [0, 0.05) is 11.1 Å². The van der Waals surface area contributed by atoms with E-state index in [1.807, 2.05) is 30.3 Å². The Kier molecular flexibility index (Phi) is 4.99. The van der Waals surface area contributed by atoms with Crippen LogP contribution in [0.3, 0.4) is 0 Å². The molecule has 0 aromatic heterocycles. The Morgan fingerprint density at radius 2 is 1.95 bits per heavy atom. The lowest BCUT2D eigenvalue weighted by Gasteiger charge is -2.13. The molecule has 0 aliphatic rings. The zero-order valence-corrected chi connectivity index (χ0v) is 12.0. The Balaban J connectivity index is 2.03. The summed E-state index contributed by atoms with van der Waals surface area (Å²) in [6, 6.07) is 12.4. The Hall–Kier alpha value is -1.58. The van der Waals surface area contributed by atoms with Crippen molar-refractivity contribution < 1.29 is 9.13 Å². The maximum Gasteiger partial charge on any atom is 0.165 e. The molecule has 0 spiro atoms. The first-order valence-corrected chi connectivity index (χ1v) is 6.79. The molecule has 4 heteroatoms. The lowest BCUT2D eigenvalue weighted by molar-refractivity contribution is 0.386. The predicted molar refractivity (Wildman–Crippen MR) is 79.8 cm³/mol. The summed E-state index contributed by atoms with van der Waals surface area (Å²) >= 11 is 6.10. The van der Waals surface area contributed by atoms with Gasteiger partial charge in [0.05, 0.1) is 7.11 Å². The van der Waals surface area contributed by atoms with Gasteiger partial charge in [0.2, 0.25) is 0 Å². The van der Waals surface area contributed by atoms with Gasteiger partial charge in [-0.3, -0.25) is 0 Å². The molecule has 0 heterocycles. The monoisotopic (exact) mass is 293 g/mol. The second-order valence-corrected chi connectivity index (χ2v) is 5.14. The average molecular weight is 294 g/mol. The van der Waals surface area contributed by atoms with Crippen LogP contribution in [0, 0.1) is 5.82 Å². The summed E-state index contributed by atoms with van der Waals surface area (Å²) in [5, 5.41) is 0.712. The molecule has 0 radical (unpaired) electrons. The van der Waals surface area contributed by atoms with Crippen LogP contribution in [0.25, 0.3) is 0 Å². The first-order chi connectivity index (χ1) is 9.60. The molecule has 0 saturated heterocycles. The number of hydrogen-bond donors (Lipinski definition) is 1. The van der Waals surface area contributed by atoms with Crippen LogP contribution >= 0.6 is 11.6 Å². The number of benzene rings is 2. The predicted octanol–water partition coefficient (Wildman–Crippen LogP) is 3.60. The summed E-state index contributed by atoms with van der Waals surface area (Å²) in [5.74, 6) is -0.122. The van der Waals surface area contributed by atoms with Crippen LogP contribution in [0.15, 0.2) is 42.5 Å². The van der Waals surface area contributed by atoms with Crippen molar-refractivity contribution in [2.75, 3.05) is 7.11 Å². The van der Waals surface area contributed by atoms with Crippen molar-refractivity contribution in [1.29, 1.82) is 0 Å². The highest BCUT2D eigenvalue weighted by Crippen LogP contribution is 2.20. The fourth-order valence-corrected chi connectivity index (χ4v) is 2.37. The van der Waals surface area contributed by atoms with E-state index in [1.165, 1.54) is 13.2 Å². The molecule has 0 aliphatic carbocycles. The molecule has 0 aliphatic heterocycles. The van der Waals surface area contributed by atoms with E-state index in [1.54, 1.807) is 6.07 Å². The molecule has 106 valence electrons. The van der Waals surface area contributed by atoms with E-state index in [2.05, 4.69) is 0 Å². The first kappa shape index (κ1) is 14.8. The summed E-state index contributed by atoms with van der Waals surface area (Å²) in [7, 11) is 1.45. The minimum absolute atomic E-state index is 0.109. The molecule has 0 saturated carbocycles. The largest absolute Gasteiger partial charge is 0.494 e. The highest BCUT2D eigenvalue weighted by Gasteiger charge is 2.10. The van der Waals surface area contributed by atoms with Crippen molar-refractivity contribution in [2.24, 2.45) is 5.73 Å². The number of hydrogen-bond acceptors (Lipinski definition) is 2. The highest BCUT2D eigenvalue weighted by molar-refractivity contribution is 6.31. The minimum Gasteiger partial charge on any atom is -0.494 e. The maximum atomic E-state index is 13.6. The van der Waals surface area contributed by atoms with E-state index in [0.29, 0.717) is 17.9 Å². The third-order valence-electron chi connectivity index (χ3n) is 3.15. The molecular formula is C16H17ClFNO. The average Bonchev–Trinajstić information content (AvgIpc) is 2.41. The fraction of sp³-hybridized carbons (Fsp3) is 0.250. The van der Waals surface area contributed by atoms with E-state index >= 15 is 0 Å². The molecule has 0 amide bonds. The zero-order chi connectivity index (χ0) is 14.5. The number of nitrogens with two attached hydrogens (primary N) is 1. The summed E-state index contributed by atoms with van der Waals surface area (Å²) in [5.41, 5.74) is 7.97. The van der Waals surface area contributed by atoms with Crippen LogP contribution in [-0.4, -0.2) is 13.2 Å². The van der Waals surface area contributed by atoms with Gasteiger partial charge in [0.1, 0.15) is 0 Å². The molecule has 2 nitrogen and oxygen atoms in total. The van der Waals surface area contributed by atoms with Crippen molar-refractivity contribution >= 4 is 11.6 Å². The van der Waals surface area contributed by atoms with Crippen LogP contribution < -0.4 is 10.5 Å². The smallest absolute Gasteiger partial charge is 0.165 e. The SMILES string of the molecule is COc1ccc(CC(N)Cc2ccccc2Cl)cc1F. The van der Waals surface area contributed by atoms with Crippen molar-refractivity contribution in [3.63, 3.8) is 0 Å². The van der Waals surface area contributed by atoms with Gasteiger partial charge in [-0.15, -0.1) is 0 Å². The van der Waals surface area contributed by atoms with Gasteiger partial charge in [0.25, 0.3) is 0 Å². The van der Waals surface area contributed by atoms with Crippen LogP contribution in [0.4, 0.5) is 4.39 Å². The van der Waals surface area contributed by atoms with Gasteiger partial charge in [-0.1, -0.05) is 35.9 Å². The second-order valence-electron chi connectivity index (χ2n) is 4.73. The summed E-state index contributed by atoms with van der Waals surface area (Å²) in [6.45, 7) is 0. The maximum absolute atomic E-state index is 13.6. The van der Waals surface area contributed by atoms with Crippen molar-refractivity contribution in [3.8, 4) is 5.75 Å². The Morgan fingerprint density at radius 3 is 2.60 bits per heavy atom. The summed E-state index contributed by atoms with van der Waals surface area (Å²) in [6.07, 6.45) is 1.25. The molecule has 2 N–H and O–H groups in total. The van der Waals surface area contributed by atoms with E-state index in [0.717, 1.165) is 11.1 Å². The lowest BCUT2D eigenvalue weighted by atomic mass is 9.99. The third kappa shape index (κ3) is 3.71. The van der Waals surface area contributed by atoms with E-state index in [-0.39, 0.29) is 17.6 Å². The number of ether oxygens (including phenoxy) is 1. The quantitative estimate of drug-likeness (QED) is 0.914. The number of halogens is 2. The normalized spacial score (nSPS) is 12.2. The Labute approximate surface area is 123 Å². The fourth-order valence-electron chi connectivity index (χ4n) is 2.16. The van der Waals surface area contributed by atoms with Crippen LogP contribution in [0.2, 0.25) is 5.02 Å². The number of methoxy groups -OCH3 is 1. The molecule has 1 atom stereocenters. The van der Waals surface area contributed by atoms with Crippen LogP contribution in [-0.2, 0) is 12.8 Å². The van der Waals surface area contributed by atoms with E-state index in [9.17, 15) is 4.39 Å². The standard InChI is InChI=1S/C16H17ClFNO/c1-20-16-7-6-11(9-15(16)18)8-13(19)10-12-4-2-3-5-14(12)17/h2-7,9,13H,8,10,19H2,1H3. The minimum atomic E-state index is -0.366. The van der Waals surface area contributed by atoms with E-state index < -0.39 is 0 Å². The van der Waals surface area contributed by atoms with Gasteiger partial charge in [0.15, 0.2) is 11.6 Å². The topological polar surface area (TPSA) is 35.2 Å². The van der Waals surface area contributed by atoms with Crippen molar-refractivity contribution in [2.45, 2.75) is 18.9 Å². The van der Waals surface area contributed by atoms with E-state index in [4.69, 9.17) is 22.1 Å². The second kappa shape index (κ2) is 6.73. The Morgan fingerprint density at radius 1 is 1.20 bits per heavy atom. The molecule has 2 aromatic carbocycles. The molecule has 0 bridgehead atoms. The molecule has 20 heavy (non-hydrogen) atoms. The first-order valence-electron chi connectivity index (χ1n) is 6.41. The molecule has 1 unspecified atom stereocenters. The Bertz CT molecular complexity index is 588. The lowest BCUT2D eigenvalue weighted by Crippen LogP contribution is -2.25. The van der Waals surface area contributed by atoms with Gasteiger partial charge in [-0.2, -0.15) is 0 Å². The molecule has 2 rings (SSSR count). The van der Waals surface area contributed by atoms with Crippen LogP contribution in [0.1, 0.15) is 11.1 Å². The van der Waals surface area contributed by atoms with Crippen molar-refractivity contribution in [1.82, 2.24) is 0 Å². The van der Waals surface area contributed by atoms with Gasteiger partial charge in [-0.25, -0.2) is 4.39 Å². The molecule has 2 aromatic rings. The number of rotatable bonds is 5. The zero-order valence-electron chi connectivity index (χ0n) is 11.3. The van der Waals surface area contributed by atoms with Gasteiger partial charge < -0.3 is 10.5 Å². The summed E-state index contributed by atoms with van der Waals surface area (Å²) in [4.78, 5) is 0. The van der Waals surface area contributed by atoms with Crippen molar-refractivity contribution in [3.05, 3.63) is 64.4 Å². The van der Waals surface area contributed by atoms with Gasteiger partial charge >= 0.3 is 0 Å². The van der Waals surface area contributed by atoms with Crippen LogP contribution in [0.5, 0.6) is 5.75 Å². The summed E-state index contributed by atoms with van der Waals surface area (Å²) < 4.78 is 18.5. The molecule has 0 fully saturated rings. The third-order valence-corrected chi connectivity index (χ3v) is 3.52. The highest BCUT2D eigenvalue weighted by atomic mass is 35.5. The van der Waals surface area contributed by atoms with Gasteiger partial charge in [-0.05, 0) is 42.2 Å².